The second-order valence-electron chi connectivity index (χ2n) is 10.4. The first-order chi connectivity index (χ1) is 17.8. The fourth-order valence-electron chi connectivity index (χ4n) is 4.44. The van der Waals surface area contributed by atoms with E-state index in [4.69, 9.17) is 16.9 Å². The van der Waals surface area contributed by atoms with Gasteiger partial charge in [-0.2, -0.15) is 10.2 Å². The summed E-state index contributed by atoms with van der Waals surface area (Å²) in [6.07, 6.45) is 8.28. The van der Waals surface area contributed by atoms with Crippen LogP contribution in [-0.2, 0) is 6.42 Å². The topological polar surface area (TPSA) is 120 Å². The summed E-state index contributed by atoms with van der Waals surface area (Å²) in [6.45, 7) is 8.29. The molecular weight excluding hydrogens is 488 g/mol. The van der Waals surface area contributed by atoms with Crippen molar-refractivity contribution in [1.82, 2.24) is 29.5 Å². The minimum Gasteiger partial charge on any atom is -0.366 e. The lowest BCUT2D eigenvalue weighted by molar-refractivity contribution is 0.405. The van der Waals surface area contributed by atoms with E-state index in [0.29, 0.717) is 22.5 Å². The Kier molecular flexibility index (Phi) is 6.80. The van der Waals surface area contributed by atoms with Gasteiger partial charge < -0.3 is 19.9 Å². The van der Waals surface area contributed by atoms with Crippen LogP contribution in [0.2, 0.25) is 5.02 Å². The second kappa shape index (κ2) is 10.2. The monoisotopic (exact) mass is 516 g/mol. The van der Waals surface area contributed by atoms with E-state index in [1.54, 1.807) is 12.3 Å². The highest BCUT2D eigenvalue weighted by Crippen LogP contribution is 2.26. The highest BCUT2D eigenvalue weighted by Gasteiger charge is 2.22. The first kappa shape index (κ1) is 24.7. The summed E-state index contributed by atoms with van der Waals surface area (Å²) in [6, 6.07) is 9.72. The van der Waals surface area contributed by atoms with E-state index in [1.807, 2.05) is 36.7 Å². The summed E-state index contributed by atoms with van der Waals surface area (Å²) in [7, 11) is 0. The predicted molar refractivity (Wildman–Crippen MR) is 144 cm³/mol. The second-order valence-corrected chi connectivity index (χ2v) is 10.8. The van der Waals surface area contributed by atoms with Crippen molar-refractivity contribution in [2.24, 2.45) is 5.41 Å². The first-order valence-corrected chi connectivity index (χ1v) is 12.7. The van der Waals surface area contributed by atoms with Crippen molar-refractivity contribution in [3.05, 3.63) is 59.3 Å². The average Bonchev–Trinajstić information content (AvgIpc) is 3.27. The highest BCUT2D eigenvalue weighted by molar-refractivity contribution is 6.32. The maximum Gasteiger partial charge on any atom is 0.229 e. The molecule has 0 aromatic carbocycles. The molecule has 0 aliphatic carbocycles. The van der Waals surface area contributed by atoms with Crippen LogP contribution in [0.15, 0.2) is 42.9 Å². The summed E-state index contributed by atoms with van der Waals surface area (Å²) < 4.78 is 2.11. The van der Waals surface area contributed by atoms with Crippen molar-refractivity contribution >= 4 is 40.5 Å². The molecule has 37 heavy (non-hydrogen) atoms. The van der Waals surface area contributed by atoms with Gasteiger partial charge in [-0.3, -0.25) is 0 Å². The van der Waals surface area contributed by atoms with Crippen LogP contribution in [0.3, 0.4) is 0 Å². The quantitative estimate of drug-likeness (QED) is 0.370. The zero-order valence-corrected chi connectivity index (χ0v) is 21.9. The minimum atomic E-state index is 0.182. The summed E-state index contributed by atoms with van der Waals surface area (Å²) in [5.74, 6) is 1.84. The van der Waals surface area contributed by atoms with Crippen LogP contribution >= 0.6 is 11.6 Å². The van der Waals surface area contributed by atoms with E-state index in [1.165, 1.54) is 5.69 Å². The predicted octanol–water partition coefficient (Wildman–Crippen LogP) is 4.85. The number of aromatic nitrogens is 6. The summed E-state index contributed by atoms with van der Waals surface area (Å²) in [5, 5.41) is 24.2. The van der Waals surface area contributed by atoms with Gasteiger partial charge in [-0.25, -0.2) is 9.97 Å². The van der Waals surface area contributed by atoms with Gasteiger partial charge in [0.1, 0.15) is 16.7 Å². The Balaban J connectivity index is 1.23. The number of anilines is 4. The Morgan fingerprint density at radius 1 is 1.11 bits per heavy atom. The molecule has 2 N–H and O–H groups in total. The molecule has 0 amide bonds. The van der Waals surface area contributed by atoms with Crippen molar-refractivity contribution in [3.63, 3.8) is 0 Å². The molecule has 1 saturated heterocycles. The molecule has 4 aromatic rings. The fourth-order valence-corrected chi connectivity index (χ4v) is 4.59. The Bertz CT molecular complexity index is 1430. The molecule has 1 aliphatic rings. The van der Waals surface area contributed by atoms with Crippen LogP contribution in [0.1, 0.15) is 45.0 Å². The molecule has 0 atom stereocenters. The average molecular weight is 517 g/mol. The molecule has 5 rings (SSSR count). The van der Waals surface area contributed by atoms with Gasteiger partial charge in [-0.15, -0.1) is 10.2 Å². The lowest BCUT2D eigenvalue weighted by Crippen LogP contribution is -2.39. The van der Waals surface area contributed by atoms with E-state index >= 15 is 0 Å². The zero-order valence-electron chi connectivity index (χ0n) is 21.1. The van der Waals surface area contributed by atoms with Crippen LogP contribution in [0.5, 0.6) is 0 Å². The van der Waals surface area contributed by atoms with Gasteiger partial charge in [0.2, 0.25) is 5.95 Å². The molecule has 10 nitrogen and oxygen atoms in total. The van der Waals surface area contributed by atoms with Gasteiger partial charge >= 0.3 is 0 Å². The molecule has 0 unspecified atom stereocenters. The van der Waals surface area contributed by atoms with Crippen molar-refractivity contribution in [2.75, 3.05) is 28.6 Å². The molecule has 0 bridgehead atoms. The van der Waals surface area contributed by atoms with Crippen molar-refractivity contribution < 1.29 is 0 Å². The standard InChI is InChI=1S/C26H29ClN10/c1-26(2,3)13-20-15-29-23-12-18(8-11-37(20)23)32-25-30-16-21(27)24(33-25)31-17-6-9-36(10-7-17)22-5-4-19(14-28)34-35-22/h4-5,8,11-12,15-17H,6-7,9-10,13H2,1-3H3,(H2,30,31,32,33). The van der Waals surface area contributed by atoms with Gasteiger partial charge in [0.15, 0.2) is 17.3 Å². The van der Waals surface area contributed by atoms with E-state index in [0.717, 1.165) is 49.5 Å². The molecule has 4 aromatic heterocycles. The fraction of sp³-hybridized carbons (Fsp3) is 0.385. The molecule has 1 fully saturated rings. The molecule has 0 spiro atoms. The minimum absolute atomic E-state index is 0.182. The Labute approximate surface area is 220 Å². The molecule has 0 radical (unpaired) electrons. The number of piperidine rings is 1. The maximum absolute atomic E-state index is 8.91. The first-order valence-electron chi connectivity index (χ1n) is 12.3. The van der Waals surface area contributed by atoms with E-state index in [9.17, 15) is 0 Å². The van der Waals surface area contributed by atoms with Crippen LogP contribution in [-0.4, -0.2) is 48.7 Å². The van der Waals surface area contributed by atoms with E-state index < -0.39 is 0 Å². The van der Waals surface area contributed by atoms with Crippen LogP contribution in [0, 0.1) is 16.7 Å². The Morgan fingerprint density at radius 2 is 1.92 bits per heavy atom. The molecule has 11 heteroatoms. The Hall–Kier alpha value is -3.97. The lowest BCUT2D eigenvalue weighted by atomic mass is 9.91. The number of fused-ring (bicyclic) bond motifs is 1. The number of nitriles is 1. The number of hydrogen-bond donors (Lipinski definition) is 2. The van der Waals surface area contributed by atoms with Gasteiger partial charge in [0, 0.05) is 49.0 Å². The number of imidazole rings is 1. The largest absolute Gasteiger partial charge is 0.366 e. The molecular formula is C26H29ClN10. The summed E-state index contributed by atoms with van der Waals surface area (Å²) in [4.78, 5) is 15.7. The SMILES string of the molecule is CC(C)(C)Cc1cnc2cc(Nc3ncc(Cl)c(NC4CCN(c5ccc(C#N)nn5)CC4)n3)ccn12. The number of hydrogen-bond acceptors (Lipinski definition) is 9. The third kappa shape index (κ3) is 5.89. The van der Waals surface area contributed by atoms with Crippen LogP contribution in [0.25, 0.3) is 5.65 Å². The molecule has 0 saturated carbocycles. The normalized spacial score (nSPS) is 14.5. The lowest BCUT2D eigenvalue weighted by Gasteiger charge is -2.33. The van der Waals surface area contributed by atoms with Crippen molar-refractivity contribution in [2.45, 2.75) is 46.1 Å². The maximum atomic E-state index is 8.91. The number of nitrogens with zero attached hydrogens (tertiary/aromatic N) is 8. The van der Waals surface area contributed by atoms with Gasteiger partial charge in [-0.05, 0) is 42.9 Å². The zero-order chi connectivity index (χ0) is 26.0. The smallest absolute Gasteiger partial charge is 0.229 e. The number of nitrogens with one attached hydrogen (secondary N) is 2. The summed E-state index contributed by atoms with van der Waals surface area (Å²) in [5.41, 5.74) is 3.40. The molecule has 5 heterocycles. The van der Waals surface area contributed by atoms with Crippen molar-refractivity contribution in [1.29, 1.82) is 5.26 Å². The number of rotatable bonds is 6. The third-order valence-corrected chi connectivity index (χ3v) is 6.50. The van der Waals surface area contributed by atoms with E-state index in [2.05, 4.69) is 65.9 Å². The van der Waals surface area contributed by atoms with E-state index in [-0.39, 0.29) is 11.5 Å². The molecule has 1 aliphatic heterocycles. The van der Waals surface area contributed by atoms with Crippen LogP contribution < -0.4 is 15.5 Å². The third-order valence-electron chi connectivity index (χ3n) is 6.23. The number of halogens is 1. The Morgan fingerprint density at radius 3 is 2.62 bits per heavy atom. The van der Waals surface area contributed by atoms with Gasteiger partial charge in [0.25, 0.3) is 0 Å². The van der Waals surface area contributed by atoms with Crippen molar-refractivity contribution in [3.8, 4) is 6.07 Å². The van der Waals surface area contributed by atoms with Crippen LogP contribution in [0.4, 0.5) is 23.3 Å². The van der Waals surface area contributed by atoms with Gasteiger partial charge in [0.05, 0.1) is 6.20 Å². The highest BCUT2D eigenvalue weighted by atomic mass is 35.5. The number of pyridine rings is 1. The molecule has 190 valence electrons. The van der Waals surface area contributed by atoms with Gasteiger partial charge in [-0.1, -0.05) is 32.4 Å². The summed E-state index contributed by atoms with van der Waals surface area (Å²) >= 11 is 6.42.